The molecule has 0 radical (unpaired) electrons. The molecule has 1 unspecified atom stereocenters. The maximum absolute atomic E-state index is 12.2. The van der Waals surface area contributed by atoms with Gasteiger partial charge in [-0.05, 0) is 23.9 Å². The van der Waals surface area contributed by atoms with Crippen molar-refractivity contribution in [2.24, 2.45) is 0 Å². The second-order valence-electron chi connectivity index (χ2n) is 5.80. The van der Waals surface area contributed by atoms with Gasteiger partial charge in [0.05, 0.1) is 0 Å². The van der Waals surface area contributed by atoms with Crippen LogP contribution in [0.25, 0.3) is 0 Å². The van der Waals surface area contributed by atoms with Gasteiger partial charge in [-0.2, -0.15) is 0 Å². The van der Waals surface area contributed by atoms with Crippen LogP contribution in [0.5, 0.6) is 0 Å². The van der Waals surface area contributed by atoms with Crippen molar-refractivity contribution in [1.29, 1.82) is 0 Å². The Balaban J connectivity index is 1.77. The van der Waals surface area contributed by atoms with Crippen molar-refractivity contribution >= 4 is 17.1 Å². The zero-order valence-corrected chi connectivity index (χ0v) is 13.4. The van der Waals surface area contributed by atoms with Gasteiger partial charge in [-0.3, -0.25) is 4.79 Å². The molecule has 2 nitrogen and oxygen atoms in total. The van der Waals surface area contributed by atoms with Crippen LogP contribution in [0, 0.1) is 0 Å². The molecule has 1 aliphatic heterocycles. The molecule has 0 amide bonds. The number of thiophene rings is 1. The molecule has 0 fully saturated rings. The van der Waals surface area contributed by atoms with Crippen LogP contribution in [0.3, 0.4) is 0 Å². The van der Waals surface area contributed by atoms with E-state index in [1.165, 1.54) is 30.6 Å². The largest absolute Gasteiger partial charge is 0.466 e. The quantitative estimate of drug-likeness (QED) is 0.664. The Hall–Kier alpha value is -1.35. The number of carbonyl (C=O) groups excluding carboxylic acids is 1. The lowest BCUT2D eigenvalue weighted by Crippen LogP contribution is -2.12. The predicted octanol–water partition coefficient (Wildman–Crippen LogP) is 5.33. The summed E-state index contributed by atoms with van der Waals surface area (Å²) in [6.45, 7) is 2.23. The summed E-state index contributed by atoms with van der Waals surface area (Å²) in [5, 5.41) is 2.08. The molecule has 3 rings (SSSR count). The minimum atomic E-state index is 0.130. The minimum absolute atomic E-state index is 0.130. The van der Waals surface area contributed by atoms with Gasteiger partial charge < -0.3 is 4.74 Å². The molecule has 0 spiro atoms. The van der Waals surface area contributed by atoms with E-state index in [4.69, 9.17) is 4.74 Å². The number of hydrogen-bond donors (Lipinski definition) is 0. The van der Waals surface area contributed by atoms with Gasteiger partial charge in [0.25, 0.3) is 0 Å². The highest BCUT2D eigenvalue weighted by molar-refractivity contribution is 7.10. The first-order chi connectivity index (χ1) is 10.3. The lowest BCUT2D eigenvalue weighted by atomic mass is 9.92. The zero-order valence-electron chi connectivity index (χ0n) is 12.6. The summed E-state index contributed by atoms with van der Waals surface area (Å²) in [6, 6.07) is 4.19. The molecular weight excluding hydrogens is 280 g/mol. The fraction of sp³-hybridized carbons (Fsp3) is 0.500. The average molecular weight is 302 g/mol. The summed E-state index contributed by atoms with van der Waals surface area (Å²) in [6.07, 6.45) is 9.53. The van der Waals surface area contributed by atoms with Crippen LogP contribution >= 0.6 is 11.3 Å². The fourth-order valence-corrected chi connectivity index (χ4v) is 3.92. The Bertz CT molecular complexity index is 566. The number of allylic oxidation sites excluding steroid dienone is 4. The normalized spacial score (nSPS) is 21.3. The molecule has 21 heavy (non-hydrogen) atoms. The molecule has 0 N–H and O–H groups in total. The molecule has 0 saturated heterocycles. The third-order valence-corrected chi connectivity index (χ3v) is 5.18. The highest BCUT2D eigenvalue weighted by Crippen LogP contribution is 2.43. The predicted molar refractivity (Wildman–Crippen MR) is 86.3 cm³/mol. The lowest BCUT2D eigenvalue weighted by molar-refractivity contribution is -0.115. The molecule has 112 valence electrons. The van der Waals surface area contributed by atoms with E-state index < -0.39 is 0 Å². The Labute approximate surface area is 130 Å². The van der Waals surface area contributed by atoms with Crippen LogP contribution in [0.2, 0.25) is 0 Å². The molecule has 1 aromatic rings. The number of unbranched alkanes of at least 4 members (excludes halogenated alkanes) is 3. The summed E-state index contributed by atoms with van der Waals surface area (Å²) >= 11 is 1.73. The van der Waals surface area contributed by atoms with E-state index in [9.17, 15) is 4.79 Å². The van der Waals surface area contributed by atoms with E-state index >= 15 is 0 Å². The van der Waals surface area contributed by atoms with Gasteiger partial charge in [-0.15, -0.1) is 11.3 Å². The van der Waals surface area contributed by atoms with Gasteiger partial charge in [0.1, 0.15) is 11.5 Å². The highest BCUT2D eigenvalue weighted by atomic mass is 32.1. The third kappa shape index (κ3) is 3.13. The zero-order chi connectivity index (χ0) is 14.7. The maximum atomic E-state index is 12.2. The molecule has 1 aliphatic carbocycles. The van der Waals surface area contributed by atoms with Gasteiger partial charge in [-0.1, -0.05) is 32.3 Å². The van der Waals surface area contributed by atoms with Gasteiger partial charge in [0.15, 0.2) is 5.78 Å². The average Bonchev–Trinajstić information content (AvgIpc) is 3.13. The molecule has 3 heteroatoms. The van der Waals surface area contributed by atoms with Crippen molar-refractivity contribution in [2.75, 3.05) is 0 Å². The van der Waals surface area contributed by atoms with Crippen LogP contribution in [0.4, 0.5) is 0 Å². The highest BCUT2D eigenvalue weighted by Gasteiger charge is 2.35. The Morgan fingerprint density at radius 1 is 1.29 bits per heavy atom. The van der Waals surface area contributed by atoms with Crippen molar-refractivity contribution < 1.29 is 9.53 Å². The van der Waals surface area contributed by atoms with Crippen LogP contribution < -0.4 is 0 Å². The van der Waals surface area contributed by atoms with Crippen molar-refractivity contribution in [2.45, 2.75) is 57.8 Å². The summed E-state index contributed by atoms with van der Waals surface area (Å²) in [5.74, 6) is 2.40. The molecule has 2 aliphatic rings. The maximum Gasteiger partial charge on any atom is 0.163 e. The van der Waals surface area contributed by atoms with Crippen LogP contribution in [-0.4, -0.2) is 5.78 Å². The SMILES string of the molecule is CCCCCCC1=CC(c2cccs2)C2=C(CCC2=O)O1. The summed E-state index contributed by atoms with van der Waals surface area (Å²) in [7, 11) is 0. The first-order valence-corrected chi connectivity index (χ1v) is 8.85. The van der Waals surface area contributed by atoms with Gasteiger partial charge >= 0.3 is 0 Å². The minimum Gasteiger partial charge on any atom is -0.466 e. The number of Topliss-reactive ketones (excluding diaryl/α,β-unsaturated/α-hetero) is 1. The number of hydrogen-bond acceptors (Lipinski definition) is 3. The van der Waals surface area contributed by atoms with Crippen molar-refractivity contribution in [3.05, 3.63) is 45.6 Å². The Morgan fingerprint density at radius 3 is 2.95 bits per heavy atom. The van der Waals surface area contributed by atoms with E-state index in [-0.39, 0.29) is 11.7 Å². The van der Waals surface area contributed by atoms with Gasteiger partial charge in [-0.25, -0.2) is 0 Å². The monoisotopic (exact) mass is 302 g/mol. The van der Waals surface area contributed by atoms with Crippen molar-refractivity contribution in [1.82, 2.24) is 0 Å². The Morgan fingerprint density at radius 2 is 2.19 bits per heavy atom. The molecule has 1 atom stereocenters. The number of ketones is 1. The number of rotatable bonds is 6. The van der Waals surface area contributed by atoms with Crippen LogP contribution in [0.15, 0.2) is 40.7 Å². The van der Waals surface area contributed by atoms with E-state index in [1.807, 2.05) is 0 Å². The molecule has 0 saturated carbocycles. The summed E-state index contributed by atoms with van der Waals surface area (Å²) in [4.78, 5) is 13.4. The standard InChI is InChI=1S/C18H22O2S/c1-2-3-4-5-7-13-12-14(17-8-6-11-21-17)18-15(19)9-10-16(18)20-13/h6,8,11-12,14H,2-5,7,9-10H2,1H3. The second-order valence-corrected chi connectivity index (χ2v) is 6.78. The fourth-order valence-electron chi connectivity index (χ4n) is 3.12. The van der Waals surface area contributed by atoms with Crippen LogP contribution in [-0.2, 0) is 9.53 Å². The van der Waals surface area contributed by atoms with Crippen molar-refractivity contribution in [3.8, 4) is 0 Å². The number of ether oxygens (including phenoxy) is 1. The summed E-state index contributed by atoms with van der Waals surface area (Å²) in [5.41, 5.74) is 0.912. The molecule has 0 bridgehead atoms. The second kappa shape index (κ2) is 6.61. The van der Waals surface area contributed by atoms with Crippen LogP contribution in [0.1, 0.15) is 62.7 Å². The van der Waals surface area contributed by atoms with E-state index in [2.05, 4.69) is 30.5 Å². The van der Waals surface area contributed by atoms with E-state index in [1.54, 1.807) is 11.3 Å². The topological polar surface area (TPSA) is 26.3 Å². The van der Waals surface area contributed by atoms with E-state index in [0.29, 0.717) is 6.42 Å². The Kier molecular flexibility index (Phi) is 4.59. The molecular formula is C18H22O2S. The molecule has 0 aromatic carbocycles. The number of carbonyl (C=O) groups is 1. The summed E-state index contributed by atoms with van der Waals surface area (Å²) < 4.78 is 6.01. The smallest absolute Gasteiger partial charge is 0.163 e. The first-order valence-electron chi connectivity index (χ1n) is 7.97. The van der Waals surface area contributed by atoms with E-state index in [0.717, 1.165) is 29.9 Å². The third-order valence-electron chi connectivity index (χ3n) is 4.22. The first kappa shape index (κ1) is 14.6. The lowest BCUT2D eigenvalue weighted by Gasteiger charge is -2.23. The van der Waals surface area contributed by atoms with Gasteiger partial charge in [0.2, 0.25) is 0 Å². The van der Waals surface area contributed by atoms with Crippen molar-refractivity contribution in [3.63, 3.8) is 0 Å². The van der Waals surface area contributed by atoms with Gasteiger partial charge in [0, 0.05) is 35.6 Å². The molecule has 2 heterocycles. The molecule has 1 aromatic heterocycles.